The van der Waals surface area contributed by atoms with Crippen LogP contribution in [0.5, 0.6) is 5.75 Å². The summed E-state index contributed by atoms with van der Waals surface area (Å²) in [6, 6.07) is 8.33. The molecule has 1 aromatic carbocycles. The molecule has 0 aliphatic carbocycles. The highest BCUT2D eigenvalue weighted by atomic mass is 16.5. The Kier molecular flexibility index (Phi) is 8.21. The van der Waals surface area contributed by atoms with Crippen molar-refractivity contribution in [3.05, 3.63) is 29.8 Å². The first-order chi connectivity index (χ1) is 9.26. The fourth-order valence-corrected chi connectivity index (χ4v) is 1.63. The van der Waals surface area contributed by atoms with Crippen LogP contribution in [-0.4, -0.2) is 39.6 Å². The van der Waals surface area contributed by atoms with E-state index in [1.807, 2.05) is 12.1 Å². The van der Waals surface area contributed by atoms with Crippen molar-refractivity contribution in [3.8, 4) is 5.75 Å². The summed E-state index contributed by atoms with van der Waals surface area (Å²) in [7, 11) is 1.66. The van der Waals surface area contributed by atoms with Gasteiger partial charge in [-0.2, -0.15) is 0 Å². The topological polar surface area (TPSA) is 53.7 Å². The van der Waals surface area contributed by atoms with Crippen LogP contribution >= 0.6 is 0 Å². The van der Waals surface area contributed by atoms with E-state index < -0.39 is 0 Å². The van der Waals surface area contributed by atoms with Crippen molar-refractivity contribution in [1.29, 1.82) is 0 Å². The van der Waals surface area contributed by atoms with Crippen LogP contribution in [0.25, 0.3) is 0 Å². The molecule has 0 aromatic heterocycles. The Balaban J connectivity index is 2.21. The van der Waals surface area contributed by atoms with E-state index in [-0.39, 0.29) is 6.04 Å². The van der Waals surface area contributed by atoms with Crippen LogP contribution in [0.4, 0.5) is 0 Å². The third-order valence-corrected chi connectivity index (χ3v) is 2.87. The molecular formula is C15H25NO3. The number of benzene rings is 1. The maximum Gasteiger partial charge on any atom is 0.119 e. The predicted octanol–water partition coefficient (Wildman–Crippen LogP) is 2.01. The summed E-state index contributed by atoms with van der Waals surface area (Å²) in [5.41, 5.74) is 7.17. The Morgan fingerprint density at radius 3 is 2.37 bits per heavy atom. The van der Waals surface area contributed by atoms with Gasteiger partial charge in [0.2, 0.25) is 0 Å². The van der Waals surface area contributed by atoms with Gasteiger partial charge in [0.1, 0.15) is 12.4 Å². The van der Waals surface area contributed by atoms with Gasteiger partial charge in [-0.15, -0.1) is 0 Å². The smallest absolute Gasteiger partial charge is 0.119 e. The number of rotatable bonds is 10. The molecule has 0 saturated heterocycles. The van der Waals surface area contributed by atoms with Gasteiger partial charge in [-0.25, -0.2) is 0 Å². The summed E-state index contributed by atoms with van der Waals surface area (Å²) in [5.74, 6) is 0.865. The van der Waals surface area contributed by atoms with Gasteiger partial charge in [0, 0.05) is 13.2 Å². The zero-order valence-electron chi connectivity index (χ0n) is 11.9. The molecule has 0 bridgehead atoms. The first kappa shape index (κ1) is 16.0. The number of nitrogens with two attached hydrogens (primary N) is 1. The third-order valence-electron chi connectivity index (χ3n) is 2.87. The van der Waals surface area contributed by atoms with Crippen LogP contribution in [0.2, 0.25) is 0 Å². The Morgan fingerprint density at radius 2 is 1.74 bits per heavy atom. The van der Waals surface area contributed by atoms with Gasteiger partial charge in [-0.1, -0.05) is 19.1 Å². The summed E-state index contributed by atoms with van der Waals surface area (Å²) in [4.78, 5) is 0. The summed E-state index contributed by atoms with van der Waals surface area (Å²) < 4.78 is 15.8. The average molecular weight is 267 g/mol. The van der Waals surface area contributed by atoms with E-state index in [4.69, 9.17) is 19.9 Å². The fraction of sp³-hybridized carbons (Fsp3) is 0.600. The van der Waals surface area contributed by atoms with Gasteiger partial charge >= 0.3 is 0 Å². The second kappa shape index (κ2) is 9.78. The molecule has 0 amide bonds. The molecule has 0 aliphatic rings. The second-order valence-corrected chi connectivity index (χ2v) is 4.47. The van der Waals surface area contributed by atoms with Crippen molar-refractivity contribution >= 4 is 0 Å². The maximum absolute atomic E-state index is 5.92. The molecule has 0 saturated carbocycles. The third kappa shape index (κ3) is 7.15. The van der Waals surface area contributed by atoms with E-state index in [1.165, 1.54) is 5.56 Å². The van der Waals surface area contributed by atoms with Gasteiger partial charge in [-0.3, -0.25) is 0 Å². The minimum atomic E-state index is 0.237. The monoisotopic (exact) mass is 267 g/mol. The Hall–Kier alpha value is -1.10. The summed E-state index contributed by atoms with van der Waals surface area (Å²) in [5, 5.41) is 0. The lowest BCUT2D eigenvalue weighted by Crippen LogP contribution is -2.21. The first-order valence-electron chi connectivity index (χ1n) is 6.80. The highest BCUT2D eigenvalue weighted by molar-refractivity contribution is 5.27. The molecule has 1 aromatic rings. The number of hydrogen-bond acceptors (Lipinski definition) is 4. The van der Waals surface area contributed by atoms with Crippen molar-refractivity contribution < 1.29 is 14.2 Å². The van der Waals surface area contributed by atoms with Gasteiger partial charge in [0.15, 0.2) is 0 Å². The fourth-order valence-electron chi connectivity index (χ4n) is 1.63. The largest absolute Gasteiger partial charge is 0.491 e. The molecule has 0 heterocycles. The Labute approximate surface area is 115 Å². The van der Waals surface area contributed by atoms with E-state index in [2.05, 4.69) is 19.1 Å². The van der Waals surface area contributed by atoms with Crippen LogP contribution in [0, 0.1) is 0 Å². The maximum atomic E-state index is 5.92. The molecule has 19 heavy (non-hydrogen) atoms. The lowest BCUT2D eigenvalue weighted by atomic mass is 10.0. The van der Waals surface area contributed by atoms with E-state index in [0.717, 1.165) is 18.6 Å². The van der Waals surface area contributed by atoms with Crippen molar-refractivity contribution in [2.75, 3.05) is 33.5 Å². The van der Waals surface area contributed by atoms with E-state index in [0.29, 0.717) is 26.4 Å². The highest BCUT2D eigenvalue weighted by Gasteiger charge is 2.01. The zero-order valence-corrected chi connectivity index (χ0v) is 11.9. The summed E-state index contributed by atoms with van der Waals surface area (Å²) in [6.45, 7) is 4.45. The van der Waals surface area contributed by atoms with Gasteiger partial charge < -0.3 is 19.9 Å². The quantitative estimate of drug-likeness (QED) is 0.659. The summed E-state index contributed by atoms with van der Waals surface area (Å²) in [6.07, 6.45) is 1.91. The molecular weight excluding hydrogens is 242 g/mol. The van der Waals surface area contributed by atoms with Crippen LogP contribution < -0.4 is 10.5 Å². The van der Waals surface area contributed by atoms with Crippen LogP contribution in [0.15, 0.2) is 24.3 Å². The molecule has 108 valence electrons. The molecule has 1 unspecified atom stereocenters. The van der Waals surface area contributed by atoms with Crippen LogP contribution in [-0.2, 0) is 15.9 Å². The number of methoxy groups -OCH3 is 1. The first-order valence-corrected chi connectivity index (χ1v) is 6.80. The van der Waals surface area contributed by atoms with Gasteiger partial charge in [0.05, 0.1) is 19.8 Å². The second-order valence-electron chi connectivity index (χ2n) is 4.47. The molecule has 2 N–H and O–H groups in total. The lowest BCUT2D eigenvalue weighted by Gasteiger charge is -2.10. The molecule has 0 fully saturated rings. The van der Waals surface area contributed by atoms with E-state index in [9.17, 15) is 0 Å². The SMILES string of the molecule is CCC(N)Cc1ccc(OCCOCCOC)cc1. The molecule has 0 spiro atoms. The summed E-state index contributed by atoms with van der Waals surface area (Å²) >= 11 is 0. The number of ether oxygens (including phenoxy) is 3. The predicted molar refractivity (Wildman–Crippen MR) is 76.6 cm³/mol. The van der Waals surface area contributed by atoms with Crippen molar-refractivity contribution in [1.82, 2.24) is 0 Å². The molecule has 4 heteroatoms. The number of hydrogen-bond donors (Lipinski definition) is 1. The standard InChI is InChI=1S/C15H25NO3/c1-3-14(16)12-13-4-6-15(7-5-13)19-11-10-18-9-8-17-2/h4-7,14H,3,8-12,16H2,1-2H3. The lowest BCUT2D eigenvalue weighted by molar-refractivity contribution is 0.0544. The van der Waals surface area contributed by atoms with Crippen LogP contribution in [0.3, 0.4) is 0 Å². The molecule has 1 atom stereocenters. The Bertz CT molecular complexity index is 327. The van der Waals surface area contributed by atoms with Crippen molar-refractivity contribution in [2.45, 2.75) is 25.8 Å². The zero-order chi connectivity index (χ0) is 13.9. The molecule has 0 radical (unpaired) electrons. The average Bonchev–Trinajstić information content (AvgIpc) is 2.44. The van der Waals surface area contributed by atoms with E-state index >= 15 is 0 Å². The van der Waals surface area contributed by atoms with Crippen LogP contribution in [0.1, 0.15) is 18.9 Å². The van der Waals surface area contributed by atoms with Gasteiger partial charge in [-0.05, 0) is 30.5 Å². The van der Waals surface area contributed by atoms with Gasteiger partial charge in [0.25, 0.3) is 0 Å². The van der Waals surface area contributed by atoms with E-state index in [1.54, 1.807) is 7.11 Å². The normalized spacial score (nSPS) is 12.4. The van der Waals surface area contributed by atoms with Crippen molar-refractivity contribution in [3.63, 3.8) is 0 Å². The molecule has 0 aliphatic heterocycles. The molecule has 4 nitrogen and oxygen atoms in total. The molecule has 1 rings (SSSR count). The highest BCUT2D eigenvalue weighted by Crippen LogP contribution is 2.13. The van der Waals surface area contributed by atoms with Crippen molar-refractivity contribution in [2.24, 2.45) is 5.73 Å². The Morgan fingerprint density at radius 1 is 1.05 bits per heavy atom. The minimum absolute atomic E-state index is 0.237. The minimum Gasteiger partial charge on any atom is -0.491 e.